The molecular weight excluding hydrogens is 288 g/mol. The smallest absolute Gasteiger partial charge is 0.0770 e. The van der Waals surface area contributed by atoms with Gasteiger partial charge in [0, 0.05) is 26.4 Å². The van der Waals surface area contributed by atoms with E-state index < -0.39 is 6.10 Å². The van der Waals surface area contributed by atoms with Gasteiger partial charge in [0.15, 0.2) is 0 Å². The van der Waals surface area contributed by atoms with E-state index in [-0.39, 0.29) is 33.0 Å². The monoisotopic (exact) mass is 326 g/mol. The molecule has 0 aromatic carbocycles. The van der Waals surface area contributed by atoms with Gasteiger partial charge < -0.3 is 30.6 Å². The second-order valence-corrected chi connectivity index (χ2v) is 4.99. The average molecular weight is 326 g/mol. The zero-order valence-corrected chi connectivity index (χ0v) is 14.2. The molecule has 0 aromatic heterocycles. The van der Waals surface area contributed by atoms with Gasteiger partial charge >= 0.3 is 0 Å². The SMILES string of the molecule is CCCCCC(O)CO.OCCCCCO.OCCCCO. The average Bonchev–Trinajstić information content (AvgIpc) is 2.54. The molecule has 0 bridgehead atoms. The van der Waals surface area contributed by atoms with Crippen molar-refractivity contribution in [2.75, 3.05) is 33.0 Å². The Labute approximate surface area is 135 Å². The van der Waals surface area contributed by atoms with Crippen molar-refractivity contribution < 1.29 is 30.6 Å². The molecule has 0 rings (SSSR count). The Bertz CT molecular complexity index is 150. The fraction of sp³-hybridized carbons (Fsp3) is 1.00. The first kappa shape index (κ1) is 26.6. The minimum absolute atomic E-state index is 0.0935. The summed E-state index contributed by atoms with van der Waals surface area (Å²) < 4.78 is 0. The molecular formula is C16H38O6. The summed E-state index contributed by atoms with van der Waals surface area (Å²) in [5.41, 5.74) is 0. The summed E-state index contributed by atoms with van der Waals surface area (Å²) in [6, 6.07) is 0. The highest BCUT2D eigenvalue weighted by Crippen LogP contribution is 2.01. The van der Waals surface area contributed by atoms with Gasteiger partial charge in [0.2, 0.25) is 0 Å². The highest BCUT2D eigenvalue weighted by Gasteiger charge is 1.98. The summed E-state index contributed by atoms with van der Waals surface area (Å²) in [5, 5.41) is 49.8. The van der Waals surface area contributed by atoms with Gasteiger partial charge in [0.05, 0.1) is 12.7 Å². The lowest BCUT2D eigenvalue weighted by Crippen LogP contribution is -2.10. The van der Waals surface area contributed by atoms with E-state index in [2.05, 4.69) is 6.92 Å². The fourth-order valence-corrected chi connectivity index (χ4v) is 1.35. The predicted molar refractivity (Wildman–Crippen MR) is 88.7 cm³/mol. The van der Waals surface area contributed by atoms with E-state index in [0.717, 1.165) is 57.8 Å². The van der Waals surface area contributed by atoms with Crippen LogP contribution in [0.5, 0.6) is 0 Å². The summed E-state index contributed by atoms with van der Waals surface area (Å²) in [6.07, 6.45) is 7.61. The lowest BCUT2D eigenvalue weighted by atomic mass is 10.1. The van der Waals surface area contributed by atoms with Crippen molar-refractivity contribution in [3.63, 3.8) is 0 Å². The molecule has 0 saturated carbocycles. The first-order valence-electron chi connectivity index (χ1n) is 8.36. The minimum Gasteiger partial charge on any atom is -0.396 e. The second-order valence-electron chi connectivity index (χ2n) is 4.99. The molecule has 22 heavy (non-hydrogen) atoms. The zero-order valence-electron chi connectivity index (χ0n) is 14.2. The lowest BCUT2D eigenvalue weighted by molar-refractivity contribution is 0.0861. The maximum atomic E-state index is 8.83. The number of rotatable bonds is 12. The fourth-order valence-electron chi connectivity index (χ4n) is 1.35. The Morgan fingerprint density at radius 2 is 1.00 bits per heavy atom. The number of unbranched alkanes of at least 4 members (excludes halogenated alkanes) is 5. The summed E-state index contributed by atoms with van der Waals surface area (Å²) in [4.78, 5) is 0. The molecule has 0 aliphatic carbocycles. The molecule has 0 saturated heterocycles. The Kier molecular flexibility index (Phi) is 35.0. The third-order valence-corrected chi connectivity index (χ3v) is 2.73. The minimum atomic E-state index is -0.489. The van der Waals surface area contributed by atoms with Crippen molar-refractivity contribution in [1.82, 2.24) is 0 Å². The quantitative estimate of drug-likeness (QED) is 0.295. The van der Waals surface area contributed by atoms with Crippen molar-refractivity contribution in [3.05, 3.63) is 0 Å². The van der Waals surface area contributed by atoms with Gasteiger partial charge in [-0.1, -0.05) is 26.2 Å². The van der Waals surface area contributed by atoms with Crippen LogP contribution in [0.1, 0.15) is 64.7 Å². The maximum Gasteiger partial charge on any atom is 0.0770 e. The number of hydrogen-bond acceptors (Lipinski definition) is 6. The third kappa shape index (κ3) is 36.7. The first-order chi connectivity index (χ1) is 10.6. The van der Waals surface area contributed by atoms with Gasteiger partial charge in [-0.05, 0) is 38.5 Å². The number of aliphatic hydroxyl groups excluding tert-OH is 6. The van der Waals surface area contributed by atoms with Gasteiger partial charge in [-0.15, -0.1) is 0 Å². The van der Waals surface area contributed by atoms with Gasteiger partial charge in [-0.3, -0.25) is 0 Å². The number of aliphatic hydroxyl groups is 6. The third-order valence-electron chi connectivity index (χ3n) is 2.73. The molecule has 0 heterocycles. The number of hydrogen-bond donors (Lipinski definition) is 6. The topological polar surface area (TPSA) is 121 Å². The molecule has 1 unspecified atom stereocenters. The summed E-state index contributed by atoms with van der Waals surface area (Å²) in [5.74, 6) is 0. The molecule has 6 heteroatoms. The van der Waals surface area contributed by atoms with Crippen LogP contribution in [0.15, 0.2) is 0 Å². The molecule has 0 aromatic rings. The van der Waals surface area contributed by atoms with E-state index in [1.54, 1.807) is 0 Å². The molecule has 6 nitrogen and oxygen atoms in total. The highest BCUT2D eigenvalue weighted by atomic mass is 16.3. The second kappa shape index (κ2) is 28.9. The van der Waals surface area contributed by atoms with Crippen LogP contribution < -0.4 is 0 Å². The van der Waals surface area contributed by atoms with E-state index in [1.807, 2.05) is 0 Å². The standard InChI is InChI=1S/C7H16O2.C5H12O2.C4H10O2/c1-2-3-4-5-7(9)6-8;6-4-2-1-3-5-7;5-3-1-2-4-6/h7-9H,2-6H2,1H3;6-7H,1-5H2;5-6H,1-4H2. The lowest BCUT2D eigenvalue weighted by Gasteiger charge is -2.04. The van der Waals surface area contributed by atoms with Crippen LogP contribution in [-0.4, -0.2) is 69.8 Å². The molecule has 0 aliphatic rings. The first-order valence-corrected chi connectivity index (χ1v) is 8.36. The summed E-state index contributed by atoms with van der Waals surface area (Å²) >= 11 is 0. The van der Waals surface area contributed by atoms with Crippen LogP contribution in [-0.2, 0) is 0 Å². The molecule has 138 valence electrons. The van der Waals surface area contributed by atoms with E-state index >= 15 is 0 Å². The van der Waals surface area contributed by atoms with Crippen LogP contribution in [0.25, 0.3) is 0 Å². The molecule has 1 atom stereocenters. The normalized spacial score (nSPS) is 11.0. The maximum absolute atomic E-state index is 8.83. The van der Waals surface area contributed by atoms with E-state index in [0.29, 0.717) is 0 Å². The van der Waals surface area contributed by atoms with Gasteiger partial charge in [-0.2, -0.15) is 0 Å². The van der Waals surface area contributed by atoms with Crippen LogP contribution in [0, 0.1) is 0 Å². The Morgan fingerprint density at radius 1 is 0.591 bits per heavy atom. The summed E-state index contributed by atoms with van der Waals surface area (Å²) in [6.45, 7) is 2.91. The molecule has 6 N–H and O–H groups in total. The molecule has 0 fully saturated rings. The Hall–Kier alpha value is -0.240. The van der Waals surface area contributed by atoms with Crippen LogP contribution in [0.4, 0.5) is 0 Å². The zero-order chi connectivity index (χ0) is 17.5. The molecule has 0 aliphatic heterocycles. The van der Waals surface area contributed by atoms with Gasteiger partial charge in [-0.25, -0.2) is 0 Å². The van der Waals surface area contributed by atoms with Gasteiger partial charge in [0.25, 0.3) is 0 Å². The van der Waals surface area contributed by atoms with E-state index in [1.165, 1.54) is 0 Å². The highest BCUT2D eigenvalue weighted by molar-refractivity contribution is 4.51. The van der Waals surface area contributed by atoms with Crippen molar-refractivity contribution in [3.8, 4) is 0 Å². The summed E-state index contributed by atoms with van der Waals surface area (Å²) in [7, 11) is 0. The molecule has 0 radical (unpaired) electrons. The van der Waals surface area contributed by atoms with Crippen LogP contribution in [0.2, 0.25) is 0 Å². The molecule has 0 amide bonds. The van der Waals surface area contributed by atoms with Crippen molar-refractivity contribution in [2.45, 2.75) is 70.8 Å². The van der Waals surface area contributed by atoms with Gasteiger partial charge in [0.1, 0.15) is 0 Å². The molecule has 0 spiro atoms. The Balaban J connectivity index is -0.000000252. The largest absolute Gasteiger partial charge is 0.396 e. The van der Waals surface area contributed by atoms with E-state index in [9.17, 15) is 0 Å². The van der Waals surface area contributed by atoms with Crippen molar-refractivity contribution in [2.24, 2.45) is 0 Å². The van der Waals surface area contributed by atoms with Crippen molar-refractivity contribution in [1.29, 1.82) is 0 Å². The van der Waals surface area contributed by atoms with Crippen LogP contribution >= 0.6 is 0 Å². The van der Waals surface area contributed by atoms with E-state index in [4.69, 9.17) is 30.6 Å². The van der Waals surface area contributed by atoms with Crippen LogP contribution in [0.3, 0.4) is 0 Å². The van der Waals surface area contributed by atoms with Crippen molar-refractivity contribution >= 4 is 0 Å². The predicted octanol–water partition coefficient (Wildman–Crippen LogP) is 0.812. The Morgan fingerprint density at radius 3 is 1.32 bits per heavy atom.